The number of nitrogens with two attached hydrogens (primary N) is 1. The summed E-state index contributed by atoms with van der Waals surface area (Å²) in [6, 6.07) is 0. The van der Waals surface area contributed by atoms with Crippen molar-refractivity contribution in [3.8, 4) is 0 Å². The second-order valence-electron chi connectivity index (χ2n) is 5.80. The van der Waals surface area contributed by atoms with Gasteiger partial charge in [0, 0.05) is 12.1 Å². The van der Waals surface area contributed by atoms with Crippen LogP contribution in [0.3, 0.4) is 0 Å². The van der Waals surface area contributed by atoms with Crippen molar-refractivity contribution in [3.05, 3.63) is 0 Å². The monoisotopic (exact) mass is 196 g/mol. The van der Waals surface area contributed by atoms with E-state index in [1.54, 1.807) is 0 Å². The van der Waals surface area contributed by atoms with Crippen molar-refractivity contribution < 1.29 is 0 Å². The van der Waals surface area contributed by atoms with E-state index >= 15 is 0 Å². The van der Waals surface area contributed by atoms with Gasteiger partial charge in [0.05, 0.1) is 0 Å². The Bertz CT molecular complexity index is 200. The van der Waals surface area contributed by atoms with Crippen LogP contribution >= 0.6 is 0 Å². The Kier molecular flexibility index (Phi) is 2.61. The normalized spacial score (nSPS) is 30.2. The fourth-order valence-electron chi connectivity index (χ4n) is 2.37. The zero-order valence-corrected chi connectivity index (χ0v) is 9.68. The summed E-state index contributed by atoms with van der Waals surface area (Å²) in [6.07, 6.45) is 6.54. The first kappa shape index (κ1) is 10.4. The van der Waals surface area contributed by atoms with E-state index in [0.717, 1.165) is 6.54 Å². The Morgan fingerprint density at radius 1 is 1.14 bits per heavy atom. The van der Waals surface area contributed by atoms with Crippen molar-refractivity contribution >= 4 is 0 Å². The minimum absolute atomic E-state index is 0.208. The van der Waals surface area contributed by atoms with Crippen LogP contribution in [0.25, 0.3) is 0 Å². The third-order valence-electron chi connectivity index (χ3n) is 4.35. The van der Waals surface area contributed by atoms with E-state index in [1.165, 1.54) is 45.2 Å². The molecular weight excluding hydrogens is 172 g/mol. The van der Waals surface area contributed by atoms with Gasteiger partial charge in [0.25, 0.3) is 0 Å². The van der Waals surface area contributed by atoms with Crippen molar-refractivity contribution in [1.82, 2.24) is 4.90 Å². The van der Waals surface area contributed by atoms with Crippen LogP contribution in [-0.4, -0.2) is 30.1 Å². The lowest BCUT2D eigenvalue weighted by Crippen LogP contribution is -2.45. The summed E-state index contributed by atoms with van der Waals surface area (Å²) >= 11 is 0. The lowest BCUT2D eigenvalue weighted by Gasteiger charge is -2.39. The van der Waals surface area contributed by atoms with E-state index < -0.39 is 0 Å². The minimum Gasteiger partial charge on any atom is -0.324 e. The second kappa shape index (κ2) is 3.49. The Morgan fingerprint density at radius 2 is 1.71 bits per heavy atom. The molecular formula is C12H24N2. The Hall–Kier alpha value is -0.0800. The van der Waals surface area contributed by atoms with Crippen LogP contribution in [-0.2, 0) is 0 Å². The molecule has 2 nitrogen and oxygen atoms in total. The summed E-state index contributed by atoms with van der Waals surface area (Å²) < 4.78 is 0. The molecule has 0 atom stereocenters. The standard InChI is InChI=1S/C12H24N2/c1-3-11(2)6-8-14(9-7-11)10-12(13)4-5-12/h3-10,13H2,1-2H3. The maximum absolute atomic E-state index is 6.14. The highest BCUT2D eigenvalue weighted by Gasteiger charge is 2.40. The van der Waals surface area contributed by atoms with Gasteiger partial charge in [0.1, 0.15) is 0 Å². The topological polar surface area (TPSA) is 29.3 Å². The third-order valence-corrected chi connectivity index (χ3v) is 4.35. The predicted octanol–water partition coefficient (Wildman–Crippen LogP) is 1.99. The molecule has 1 saturated carbocycles. The van der Waals surface area contributed by atoms with Crippen LogP contribution in [0.2, 0.25) is 0 Å². The number of rotatable bonds is 3. The van der Waals surface area contributed by atoms with Crippen molar-refractivity contribution in [1.29, 1.82) is 0 Å². The smallest absolute Gasteiger partial charge is 0.0284 e. The van der Waals surface area contributed by atoms with Gasteiger partial charge in [-0.1, -0.05) is 20.3 Å². The number of likely N-dealkylation sites (tertiary alicyclic amines) is 1. The van der Waals surface area contributed by atoms with E-state index in [9.17, 15) is 0 Å². The molecule has 0 spiro atoms. The van der Waals surface area contributed by atoms with Crippen LogP contribution < -0.4 is 5.73 Å². The average Bonchev–Trinajstić information content (AvgIpc) is 2.89. The maximum Gasteiger partial charge on any atom is 0.0284 e. The number of nitrogens with zero attached hydrogens (tertiary/aromatic N) is 1. The average molecular weight is 196 g/mol. The van der Waals surface area contributed by atoms with Crippen molar-refractivity contribution in [2.24, 2.45) is 11.1 Å². The van der Waals surface area contributed by atoms with Gasteiger partial charge in [-0.25, -0.2) is 0 Å². The zero-order chi connectivity index (χ0) is 10.2. The van der Waals surface area contributed by atoms with Gasteiger partial charge in [-0.3, -0.25) is 0 Å². The summed E-state index contributed by atoms with van der Waals surface area (Å²) in [7, 11) is 0. The van der Waals surface area contributed by atoms with Gasteiger partial charge in [-0.2, -0.15) is 0 Å². The first-order chi connectivity index (χ1) is 6.55. The second-order valence-corrected chi connectivity index (χ2v) is 5.80. The fraction of sp³-hybridized carbons (Fsp3) is 1.00. The van der Waals surface area contributed by atoms with Crippen molar-refractivity contribution in [2.75, 3.05) is 19.6 Å². The lowest BCUT2D eigenvalue weighted by atomic mass is 9.78. The minimum atomic E-state index is 0.208. The van der Waals surface area contributed by atoms with Crippen LogP contribution in [0.4, 0.5) is 0 Å². The molecule has 0 bridgehead atoms. The molecule has 2 rings (SSSR count). The number of hydrogen-bond acceptors (Lipinski definition) is 2. The van der Waals surface area contributed by atoms with Gasteiger partial charge >= 0.3 is 0 Å². The SMILES string of the molecule is CCC1(C)CCN(CC2(N)CC2)CC1. The molecule has 2 fully saturated rings. The quantitative estimate of drug-likeness (QED) is 0.748. The highest BCUT2D eigenvalue weighted by atomic mass is 15.2. The molecule has 1 aliphatic heterocycles. The molecule has 82 valence electrons. The highest BCUT2D eigenvalue weighted by molar-refractivity contribution is 5.01. The summed E-state index contributed by atoms with van der Waals surface area (Å²) in [4.78, 5) is 2.57. The van der Waals surface area contributed by atoms with Crippen molar-refractivity contribution in [3.63, 3.8) is 0 Å². The summed E-state index contributed by atoms with van der Waals surface area (Å²) in [5.74, 6) is 0. The van der Waals surface area contributed by atoms with E-state index in [0.29, 0.717) is 5.41 Å². The molecule has 1 aliphatic carbocycles. The van der Waals surface area contributed by atoms with E-state index in [1.807, 2.05) is 0 Å². The van der Waals surface area contributed by atoms with Crippen LogP contribution in [0.1, 0.15) is 46.0 Å². The van der Waals surface area contributed by atoms with Gasteiger partial charge in [0.15, 0.2) is 0 Å². The Labute approximate surface area is 87.8 Å². The number of piperidine rings is 1. The van der Waals surface area contributed by atoms with Gasteiger partial charge in [-0.05, 0) is 44.2 Å². The molecule has 0 amide bonds. The van der Waals surface area contributed by atoms with E-state index in [4.69, 9.17) is 5.73 Å². The Morgan fingerprint density at radius 3 is 2.14 bits per heavy atom. The molecule has 2 heteroatoms. The molecule has 0 aromatic heterocycles. The first-order valence-electron chi connectivity index (χ1n) is 6.07. The van der Waals surface area contributed by atoms with Gasteiger partial charge in [-0.15, -0.1) is 0 Å². The fourth-order valence-corrected chi connectivity index (χ4v) is 2.37. The number of hydrogen-bond donors (Lipinski definition) is 1. The molecule has 0 aromatic carbocycles. The van der Waals surface area contributed by atoms with Gasteiger partial charge in [0.2, 0.25) is 0 Å². The molecule has 14 heavy (non-hydrogen) atoms. The first-order valence-corrected chi connectivity index (χ1v) is 6.07. The van der Waals surface area contributed by atoms with Crippen LogP contribution in [0.5, 0.6) is 0 Å². The van der Waals surface area contributed by atoms with Crippen LogP contribution in [0, 0.1) is 5.41 Å². The molecule has 0 aromatic rings. The molecule has 0 radical (unpaired) electrons. The molecule has 1 saturated heterocycles. The molecule has 1 heterocycles. The van der Waals surface area contributed by atoms with E-state index in [2.05, 4.69) is 18.7 Å². The molecule has 2 aliphatic rings. The van der Waals surface area contributed by atoms with Crippen molar-refractivity contribution in [2.45, 2.75) is 51.5 Å². The lowest BCUT2D eigenvalue weighted by molar-refractivity contribution is 0.107. The maximum atomic E-state index is 6.14. The summed E-state index contributed by atoms with van der Waals surface area (Å²) in [5, 5.41) is 0. The molecule has 2 N–H and O–H groups in total. The largest absolute Gasteiger partial charge is 0.324 e. The highest BCUT2D eigenvalue weighted by Crippen LogP contribution is 2.37. The third kappa shape index (κ3) is 2.29. The van der Waals surface area contributed by atoms with Gasteiger partial charge < -0.3 is 10.6 Å². The predicted molar refractivity (Wildman–Crippen MR) is 60.2 cm³/mol. The summed E-state index contributed by atoms with van der Waals surface area (Å²) in [6.45, 7) is 8.43. The molecule has 0 unspecified atom stereocenters. The van der Waals surface area contributed by atoms with Crippen LogP contribution in [0.15, 0.2) is 0 Å². The Balaban J connectivity index is 1.78. The zero-order valence-electron chi connectivity index (χ0n) is 9.68. The van der Waals surface area contributed by atoms with E-state index in [-0.39, 0.29) is 5.54 Å². The summed E-state index contributed by atoms with van der Waals surface area (Å²) in [5.41, 5.74) is 6.96.